The van der Waals surface area contributed by atoms with Crippen molar-refractivity contribution in [3.05, 3.63) is 29.8 Å². The molecule has 1 heterocycles. The third-order valence-electron chi connectivity index (χ3n) is 4.27. The van der Waals surface area contributed by atoms with Crippen LogP contribution in [0.15, 0.2) is 24.3 Å². The molecule has 1 aliphatic heterocycles. The van der Waals surface area contributed by atoms with E-state index in [4.69, 9.17) is 0 Å². The van der Waals surface area contributed by atoms with E-state index in [-0.39, 0.29) is 5.91 Å². The first-order valence-corrected chi connectivity index (χ1v) is 8.35. The van der Waals surface area contributed by atoms with Crippen LogP contribution >= 0.6 is 0 Å². The van der Waals surface area contributed by atoms with E-state index in [0.29, 0.717) is 12.1 Å². The van der Waals surface area contributed by atoms with Gasteiger partial charge < -0.3 is 19.8 Å². The lowest BCUT2D eigenvalue weighted by Crippen LogP contribution is -2.46. The number of aliphatic hydroxyl groups is 1. The average Bonchev–Trinajstić information content (AvgIpc) is 2.53. The minimum absolute atomic E-state index is 0.0607. The normalized spacial score (nSPS) is 16.5. The number of likely N-dealkylation sites (N-methyl/N-ethyl adjacent to an activating group) is 2. The average molecular weight is 319 g/mol. The molecule has 0 unspecified atom stereocenters. The van der Waals surface area contributed by atoms with Crippen LogP contribution in [0.4, 0.5) is 5.69 Å². The molecule has 0 spiro atoms. The minimum Gasteiger partial charge on any atom is -0.389 e. The number of hydrogen-bond donors (Lipinski definition) is 1. The van der Waals surface area contributed by atoms with Crippen LogP contribution in [0, 0.1) is 0 Å². The summed E-state index contributed by atoms with van der Waals surface area (Å²) in [6, 6.07) is 7.80. The first-order valence-electron chi connectivity index (χ1n) is 8.35. The second-order valence-electron chi connectivity index (χ2n) is 6.94. The zero-order valence-electron chi connectivity index (χ0n) is 14.7. The van der Waals surface area contributed by atoms with Crippen molar-refractivity contribution in [3.8, 4) is 0 Å². The molecule has 0 saturated carbocycles. The lowest BCUT2D eigenvalue weighted by molar-refractivity contribution is 0.0368. The number of rotatable bonds is 5. The summed E-state index contributed by atoms with van der Waals surface area (Å²) in [5, 5.41) is 9.84. The maximum Gasteiger partial charge on any atom is 0.253 e. The molecule has 128 valence electrons. The SMILES string of the molecule is CCN1CCN(c2ccc(C(=O)N(C)CC(C)(C)O)cc2)CC1. The molecule has 1 aliphatic rings. The highest BCUT2D eigenvalue weighted by molar-refractivity contribution is 5.94. The summed E-state index contributed by atoms with van der Waals surface area (Å²) in [6.45, 7) is 11.3. The maximum absolute atomic E-state index is 12.4. The Labute approximate surface area is 139 Å². The summed E-state index contributed by atoms with van der Waals surface area (Å²) in [7, 11) is 1.72. The number of amides is 1. The number of piperazine rings is 1. The second-order valence-corrected chi connectivity index (χ2v) is 6.94. The van der Waals surface area contributed by atoms with Crippen molar-refractivity contribution in [3.63, 3.8) is 0 Å². The Hall–Kier alpha value is -1.59. The zero-order valence-corrected chi connectivity index (χ0v) is 14.7. The van der Waals surface area contributed by atoms with Gasteiger partial charge in [-0.15, -0.1) is 0 Å². The Bertz CT molecular complexity index is 514. The van der Waals surface area contributed by atoms with Crippen molar-refractivity contribution >= 4 is 11.6 Å². The van der Waals surface area contributed by atoms with Crippen LogP contribution in [0.1, 0.15) is 31.1 Å². The van der Waals surface area contributed by atoms with Gasteiger partial charge in [-0.2, -0.15) is 0 Å². The van der Waals surface area contributed by atoms with Gasteiger partial charge in [0.25, 0.3) is 5.91 Å². The van der Waals surface area contributed by atoms with E-state index in [1.807, 2.05) is 24.3 Å². The highest BCUT2D eigenvalue weighted by Gasteiger charge is 2.21. The molecule has 1 amide bonds. The van der Waals surface area contributed by atoms with Gasteiger partial charge in [0.2, 0.25) is 0 Å². The molecule has 1 fully saturated rings. The topological polar surface area (TPSA) is 47.0 Å². The van der Waals surface area contributed by atoms with Crippen molar-refractivity contribution in [1.82, 2.24) is 9.80 Å². The summed E-state index contributed by atoms with van der Waals surface area (Å²) in [4.78, 5) is 18.8. The van der Waals surface area contributed by atoms with Crippen molar-refractivity contribution in [2.75, 3.05) is 51.2 Å². The van der Waals surface area contributed by atoms with E-state index in [2.05, 4.69) is 16.7 Å². The van der Waals surface area contributed by atoms with E-state index in [1.54, 1.807) is 25.8 Å². The fourth-order valence-electron chi connectivity index (χ4n) is 3.01. The summed E-state index contributed by atoms with van der Waals surface area (Å²) >= 11 is 0. The van der Waals surface area contributed by atoms with E-state index < -0.39 is 5.60 Å². The number of hydrogen-bond acceptors (Lipinski definition) is 4. The molecule has 0 bridgehead atoms. The molecular weight excluding hydrogens is 290 g/mol. The van der Waals surface area contributed by atoms with Gasteiger partial charge in [-0.1, -0.05) is 6.92 Å². The van der Waals surface area contributed by atoms with Gasteiger partial charge in [0, 0.05) is 51.0 Å². The minimum atomic E-state index is -0.886. The molecule has 0 radical (unpaired) electrons. The monoisotopic (exact) mass is 319 g/mol. The van der Waals surface area contributed by atoms with E-state index in [9.17, 15) is 9.90 Å². The van der Waals surface area contributed by atoms with Crippen molar-refractivity contribution in [1.29, 1.82) is 0 Å². The molecular formula is C18H29N3O2. The first-order chi connectivity index (χ1) is 10.8. The first kappa shape index (κ1) is 17.8. The second kappa shape index (κ2) is 7.32. The van der Waals surface area contributed by atoms with E-state index >= 15 is 0 Å². The molecule has 5 heteroatoms. The molecule has 1 aromatic carbocycles. The predicted molar refractivity (Wildman–Crippen MR) is 94.0 cm³/mol. The molecule has 0 aromatic heterocycles. The van der Waals surface area contributed by atoms with E-state index in [1.165, 1.54) is 5.69 Å². The highest BCUT2D eigenvalue weighted by Crippen LogP contribution is 2.18. The standard InChI is InChI=1S/C18H29N3O2/c1-5-20-10-12-21(13-11-20)16-8-6-15(7-9-16)17(22)19(4)14-18(2,3)23/h6-9,23H,5,10-14H2,1-4H3. The zero-order chi connectivity index (χ0) is 17.0. The van der Waals surface area contributed by atoms with Gasteiger partial charge in [-0.25, -0.2) is 0 Å². The summed E-state index contributed by atoms with van der Waals surface area (Å²) in [5.41, 5.74) is 0.943. The van der Waals surface area contributed by atoms with Crippen LogP contribution in [0.3, 0.4) is 0 Å². The van der Waals surface area contributed by atoms with E-state index in [0.717, 1.165) is 32.7 Å². The lowest BCUT2D eigenvalue weighted by atomic mass is 10.1. The molecule has 0 atom stereocenters. The third kappa shape index (κ3) is 4.94. The van der Waals surface area contributed by atoms with Gasteiger partial charge in [-0.3, -0.25) is 4.79 Å². The molecule has 2 rings (SSSR count). The van der Waals surface area contributed by atoms with Gasteiger partial charge in [0.05, 0.1) is 5.60 Å². The van der Waals surface area contributed by atoms with Gasteiger partial charge in [-0.05, 0) is 44.7 Å². The Morgan fingerprint density at radius 1 is 1.17 bits per heavy atom. The van der Waals surface area contributed by atoms with Gasteiger partial charge >= 0.3 is 0 Å². The molecule has 23 heavy (non-hydrogen) atoms. The Morgan fingerprint density at radius 2 is 1.74 bits per heavy atom. The summed E-state index contributed by atoms with van der Waals surface area (Å²) in [5.74, 6) is -0.0607. The maximum atomic E-state index is 12.4. The number of benzene rings is 1. The Morgan fingerprint density at radius 3 is 2.22 bits per heavy atom. The predicted octanol–water partition coefficient (Wildman–Crippen LogP) is 1.67. The van der Waals surface area contributed by atoms with Crippen molar-refractivity contribution in [2.24, 2.45) is 0 Å². The smallest absolute Gasteiger partial charge is 0.253 e. The number of carbonyl (C=O) groups excluding carboxylic acids is 1. The summed E-state index contributed by atoms with van der Waals surface area (Å²) < 4.78 is 0. The highest BCUT2D eigenvalue weighted by atomic mass is 16.3. The largest absolute Gasteiger partial charge is 0.389 e. The number of nitrogens with zero attached hydrogens (tertiary/aromatic N) is 3. The van der Waals surface area contributed by atoms with Crippen LogP contribution in [0.2, 0.25) is 0 Å². The van der Waals surface area contributed by atoms with Gasteiger partial charge in [0.15, 0.2) is 0 Å². The molecule has 1 aromatic rings. The summed E-state index contributed by atoms with van der Waals surface area (Å²) in [6.07, 6.45) is 0. The van der Waals surface area contributed by atoms with Gasteiger partial charge in [0.1, 0.15) is 0 Å². The van der Waals surface area contributed by atoms with Crippen LogP contribution < -0.4 is 4.90 Å². The van der Waals surface area contributed by atoms with Crippen molar-refractivity contribution in [2.45, 2.75) is 26.4 Å². The van der Waals surface area contributed by atoms with Crippen LogP contribution in [-0.2, 0) is 0 Å². The molecule has 1 saturated heterocycles. The molecule has 1 N–H and O–H groups in total. The molecule has 0 aliphatic carbocycles. The van der Waals surface area contributed by atoms with Crippen LogP contribution in [-0.4, -0.2) is 72.7 Å². The Balaban J connectivity index is 1.98. The third-order valence-corrected chi connectivity index (χ3v) is 4.27. The fraction of sp³-hybridized carbons (Fsp3) is 0.611. The molecule has 5 nitrogen and oxygen atoms in total. The van der Waals surface area contributed by atoms with Crippen LogP contribution in [0.25, 0.3) is 0 Å². The van der Waals surface area contributed by atoms with Crippen molar-refractivity contribution < 1.29 is 9.90 Å². The quantitative estimate of drug-likeness (QED) is 0.897. The number of anilines is 1. The Kier molecular flexibility index (Phi) is 5.65. The lowest BCUT2D eigenvalue weighted by Gasteiger charge is -2.35. The number of carbonyl (C=O) groups is 1. The fourth-order valence-corrected chi connectivity index (χ4v) is 3.01. The van der Waals surface area contributed by atoms with Crippen LogP contribution in [0.5, 0.6) is 0 Å².